The molecule has 1 N–H and O–H groups in total. The van der Waals surface area contributed by atoms with Gasteiger partial charge in [0, 0.05) is 11.3 Å². The van der Waals surface area contributed by atoms with Crippen molar-refractivity contribution < 1.29 is 4.39 Å². The molecule has 0 bridgehead atoms. The highest BCUT2D eigenvalue weighted by atomic mass is 19.1. The van der Waals surface area contributed by atoms with Crippen LogP contribution in [0.2, 0.25) is 0 Å². The molecule has 0 heterocycles. The van der Waals surface area contributed by atoms with Gasteiger partial charge in [-0.25, -0.2) is 4.39 Å². The van der Waals surface area contributed by atoms with Crippen molar-refractivity contribution in [1.82, 2.24) is 5.32 Å². The monoisotopic (exact) mass is 245 g/mol. The first-order chi connectivity index (χ1) is 8.36. The third kappa shape index (κ3) is 7.29. The van der Waals surface area contributed by atoms with Crippen LogP contribution in [0.15, 0.2) is 60.8 Å². The van der Waals surface area contributed by atoms with Crippen molar-refractivity contribution >= 4 is 0 Å². The van der Waals surface area contributed by atoms with Crippen LogP contribution in [0.4, 0.5) is 4.39 Å². The fraction of sp³-hybridized carbons (Fsp3) is 0.250. The van der Waals surface area contributed by atoms with Crippen molar-refractivity contribution in [2.45, 2.75) is 20.8 Å². The second kappa shape index (κ2) is 8.14. The van der Waals surface area contributed by atoms with Crippen molar-refractivity contribution in [3.05, 3.63) is 60.8 Å². The van der Waals surface area contributed by atoms with Crippen LogP contribution < -0.4 is 5.32 Å². The summed E-state index contributed by atoms with van der Waals surface area (Å²) in [7, 11) is 0. The lowest BCUT2D eigenvalue weighted by Crippen LogP contribution is -2.09. The van der Waals surface area contributed by atoms with E-state index in [1.54, 1.807) is 6.20 Å². The molecule has 0 spiro atoms. The Labute approximate surface area is 109 Å². The number of nitrogens with one attached hydrogen (secondary N) is 1. The minimum absolute atomic E-state index is 0.0511. The average Bonchev–Trinajstić information content (AvgIpc) is 2.24. The lowest BCUT2D eigenvalue weighted by molar-refractivity contribution is 0.671. The second-order valence-corrected chi connectivity index (χ2v) is 4.13. The molecule has 0 aliphatic heterocycles. The first kappa shape index (κ1) is 16.0. The van der Waals surface area contributed by atoms with Gasteiger partial charge in [-0.3, -0.25) is 0 Å². The van der Waals surface area contributed by atoms with E-state index in [-0.39, 0.29) is 5.92 Å². The standard InChI is InChI=1S/C16H20FN/c1-7-18-15(6)13(4)8-9-16(10-12(2)3)11-14(5)17/h7,10-11,13,18H,1,5-6H2,2-4H3/b16-11-. The van der Waals surface area contributed by atoms with E-state index in [1.807, 2.05) is 26.8 Å². The Balaban J connectivity index is 5.01. The Morgan fingerprint density at radius 2 is 1.89 bits per heavy atom. The van der Waals surface area contributed by atoms with Gasteiger partial charge < -0.3 is 5.32 Å². The van der Waals surface area contributed by atoms with Gasteiger partial charge in [0.25, 0.3) is 0 Å². The Kier molecular flexibility index (Phi) is 7.23. The summed E-state index contributed by atoms with van der Waals surface area (Å²) in [5.74, 6) is 5.36. The third-order valence-corrected chi connectivity index (χ3v) is 2.00. The molecule has 18 heavy (non-hydrogen) atoms. The Hall–Kier alpha value is -2.01. The molecule has 0 rings (SSSR count). The maximum atomic E-state index is 12.8. The molecular weight excluding hydrogens is 225 g/mol. The predicted molar refractivity (Wildman–Crippen MR) is 77.2 cm³/mol. The highest BCUT2D eigenvalue weighted by molar-refractivity contribution is 5.43. The summed E-state index contributed by atoms with van der Waals surface area (Å²) in [5.41, 5.74) is 2.40. The van der Waals surface area contributed by atoms with Gasteiger partial charge in [0.15, 0.2) is 0 Å². The van der Waals surface area contributed by atoms with Crippen LogP contribution in [0.3, 0.4) is 0 Å². The Bertz CT molecular complexity index is 451. The molecule has 2 heteroatoms. The van der Waals surface area contributed by atoms with Crippen LogP contribution in [0.25, 0.3) is 0 Å². The molecule has 0 fully saturated rings. The number of halogens is 1. The number of rotatable bonds is 5. The summed E-state index contributed by atoms with van der Waals surface area (Å²) in [6.45, 7) is 16.4. The fourth-order valence-corrected chi connectivity index (χ4v) is 1.13. The maximum absolute atomic E-state index is 12.8. The van der Waals surface area contributed by atoms with Gasteiger partial charge >= 0.3 is 0 Å². The quantitative estimate of drug-likeness (QED) is 0.564. The molecule has 0 aromatic heterocycles. The third-order valence-electron chi connectivity index (χ3n) is 2.00. The van der Waals surface area contributed by atoms with E-state index in [9.17, 15) is 4.39 Å². The molecule has 0 radical (unpaired) electrons. The average molecular weight is 245 g/mol. The van der Waals surface area contributed by atoms with Crippen LogP contribution >= 0.6 is 0 Å². The second-order valence-electron chi connectivity index (χ2n) is 4.13. The molecule has 0 saturated carbocycles. The SMILES string of the molecule is C=CNC(=C)C(C)C#C/C(C=C(C)C)=C/C(=C)F. The molecule has 1 nitrogen and oxygen atoms in total. The summed E-state index contributed by atoms with van der Waals surface area (Å²) >= 11 is 0. The summed E-state index contributed by atoms with van der Waals surface area (Å²) in [6, 6.07) is 0. The van der Waals surface area contributed by atoms with E-state index in [0.29, 0.717) is 5.57 Å². The fourth-order valence-electron chi connectivity index (χ4n) is 1.13. The first-order valence-electron chi connectivity index (χ1n) is 5.65. The van der Waals surface area contributed by atoms with E-state index in [0.717, 1.165) is 11.3 Å². The van der Waals surface area contributed by atoms with Crippen LogP contribution in [0.1, 0.15) is 20.8 Å². The molecule has 0 aromatic rings. The van der Waals surface area contributed by atoms with Crippen LogP contribution in [-0.4, -0.2) is 0 Å². The molecule has 0 aromatic carbocycles. The van der Waals surface area contributed by atoms with Gasteiger partial charge in [-0.05, 0) is 39.1 Å². The van der Waals surface area contributed by atoms with Gasteiger partial charge in [-0.1, -0.05) is 37.2 Å². The van der Waals surface area contributed by atoms with Gasteiger partial charge in [-0.2, -0.15) is 0 Å². The van der Waals surface area contributed by atoms with Gasteiger partial charge in [-0.15, -0.1) is 0 Å². The van der Waals surface area contributed by atoms with E-state index < -0.39 is 5.83 Å². The molecule has 1 unspecified atom stereocenters. The molecule has 1 atom stereocenters. The summed E-state index contributed by atoms with van der Waals surface area (Å²) < 4.78 is 12.8. The van der Waals surface area contributed by atoms with Gasteiger partial charge in [0.1, 0.15) is 5.83 Å². The van der Waals surface area contributed by atoms with Crippen molar-refractivity contribution in [1.29, 1.82) is 0 Å². The normalized spacial score (nSPS) is 11.7. The van der Waals surface area contributed by atoms with Crippen molar-refractivity contribution in [3.63, 3.8) is 0 Å². The highest BCUT2D eigenvalue weighted by Crippen LogP contribution is 2.08. The zero-order valence-electron chi connectivity index (χ0n) is 11.3. The molecule has 96 valence electrons. The first-order valence-corrected chi connectivity index (χ1v) is 5.65. The molecule has 0 aliphatic rings. The van der Waals surface area contributed by atoms with Crippen molar-refractivity contribution in [2.24, 2.45) is 5.92 Å². The smallest absolute Gasteiger partial charge is 0.117 e. The summed E-state index contributed by atoms with van der Waals surface area (Å²) in [5, 5.41) is 2.89. The van der Waals surface area contributed by atoms with Crippen LogP contribution in [0.5, 0.6) is 0 Å². The Morgan fingerprint density at radius 1 is 1.28 bits per heavy atom. The lowest BCUT2D eigenvalue weighted by Gasteiger charge is -2.07. The minimum atomic E-state index is -0.507. The molecule has 0 amide bonds. The lowest BCUT2D eigenvalue weighted by atomic mass is 10.1. The number of allylic oxidation sites excluding steroid dienone is 6. The summed E-state index contributed by atoms with van der Waals surface area (Å²) in [4.78, 5) is 0. The van der Waals surface area contributed by atoms with E-state index in [1.165, 1.54) is 6.08 Å². The Morgan fingerprint density at radius 3 is 2.33 bits per heavy atom. The zero-order chi connectivity index (χ0) is 14.1. The maximum Gasteiger partial charge on any atom is 0.117 e. The van der Waals surface area contributed by atoms with Gasteiger partial charge in [0.2, 0.25) is 0 Å². The minimum Gasteiger partial charge on any atom is -0.365 e. The summed E-state index contributed by atoms with van der Waals surface area (Å²) in [6.07, 6.45) is 4.68. The zero-order valence-corrected chi connectivity index (χ0v) is 11.3. The van der Waals surface area contributed by atoms with Gasteiger partial charge in [0.05, 0.1) is 5.92 Å². The number of hydrogen-bond donors (Lipinski definition) is 1. The largest absolute Gasteiger partial charge is 0.365 e. The number of hydrogen-bond acceptors (Lipinski definition) is 1. The van der Waals surface area contributed by atoms with E-state index >= 15 is 0 Å². The molecular formula is C16H20FN. The topological polar surface area (TPSA) is 12.0 Å². The molecule has 0 aliphatic carbocycles. The van der Waals surface area contributed by atoms with E-state index in [2.05, 4.69) is 36.9 Å². The van der Waals surface area contributed by atoms with E-state index in [4.69, 9.17) is 0 Å². The van der Waals surface area contributed by atoms with Crippen LogP contribution in [-0.2, 0) is 0 Å². The highest BCUT2D eigenvalue weighted by Gasteiger charge is 2.00. The predicted octanol–water partition coefficient (Wildman–Crippen LogP) is 4.25. The molecule has 0 saturated heterocycles. The van der Waals surface area contributed by atoms with Crippen molar-refractivity contribution in [2.75, 3.05) is 0 Å². The van der Waals surface area contributed by atoms with Crippen LogP contribution in [0, 0.1) is 17.8 Å². The van der Waals surface area contributed by atoms with Crippen molar-refractivity contribution in [3.8, 4) is 11.8 Å².